The van der Waals surface area contributed by atoms with Crippen LogP contribution in [-0.2, 0) is 4.79 Å². The molecule has 0 saturated carbocycles. The Morgan fingerprint density at radius 2 is 1.88 bits per heavy atom. The van der Waals surface area contributed by atoms with Crippen LogP contribution in [0.25, 0.3) is 10.2 Å². The molecule has 0 aliphatic rings. The van der Waals surface area contributed by atoms with Gasteiger partial charge in [0.2, 0.25) is 5.91 Å². The third kappa shape index (κ3) is 3.92. The molecule has 3 rings (SSSR count). The van der Waals surface area contributed by atoms with Crippen LogP contribution in [0.5, 0.6) is 0 Å². The number of nitrogens with zero attached hydrogens (tertiary/aromatic N) is 2. The molecule has 0 aliphatic carbocycles. The number of fused-ring (bicyclic) bond motifs is 1. The molecular weight excluding hydrogens is 340 g/mol. The highest BCUT2D eigenvalue weighted by molar-refractivity contribution is 7.18. The third-order valence-corrected chi connectivity index (χ3v) is 4.55. The SMILES string of the molecule is Cc1nc2ccc(N[C@@H](C)C(=O)Nc3ccc([N+](=O)[O-])cc3)cc2s1. The normalized spacial score (nSPS) is 11.9. The lowest BCUT2D eigenvalue weighted by molar-refractivity contribution is -0.384. The molecule has 0 unspecified atom stereocenters. The number of thiazole rings is 1. The summed E-state index contributed by atoms with van der Waals surface area (Å²) in [5, 5.41) is 17.5. The van der Waals surface area contributed by atoms with Gasteiger partial charge in [-0.2, -0.15) is 0 Å². The van der Waals surface area contributed by atoms with Crippen LogP contribution in [0.15, 0.2) is 42.5 Å². The Balaban J connectivity index is 1.65. The molecule has 7 nitrogen and oxygen atoms in total. The van der Waals surface area contributed by atoms with Gasteiger partial charge in [-0.3, -0.25) is 14.9 Å². The van der Waals surface area contributed by atoms with E-state index in [9.17, 15) is 14.9 Å². The van der Waals surface area contributed by atoms with Gasteiger partial charge in [0.25, 0.3) is 5.69 Å². The molecule has 1 atom stereocenters. The predicted molar refractivity (Wildman–Crippen MR) is 99.2 cm³/mol. The monoisotopic (exact) mass is 356 g/mol. The van der Waals surface area contributed by atoms with Gasteiger partial charge in [-0.05, 0) is 44.2 Å². The second-order valence-corrected chi connectivity index (χ2v) is 6.81. The molecule has 1 amide bonds. The first-order chi connectivity index (χ1) is 11.9. The molecule has 3 aromatic rings. The van der Waals surface area contributed by atoms with Gasteiger partial charge in [0, 0.05) is 23.5 Å². The predicted octanol–water partition coefficient (Wildman–Crippen LogP) is 3.95. The first-order valence-corrected chi connectivity index (χ1v) is 8.43. The lowest BCUT2D eigenvalue weighted by Gasteiger charge is -2.15. The zero-order chi connectivity index (χ0) is 18.0. The Labute approximate surface area is 147 Å². The smallest absolute Gasteiger partial charge is 0.269 e. The van der Waals surface area contributed by atoms with Crippen molar-refractivity contribution in [1.29, 1.82) is 0 Å². The first kappa shape index (κ1) is 16.8. The summed E-state index contributed by atoms with van der Waals surface area (Å²) in [6, 6.07) is 11.0. The maximum absolute atomic E-state index is 12.3. The van der Waals surface area contributed by atoms with E-state index in [-0.39, 0.29) is 11.6 Å². The topological polar surface area (TPSA) is 97.2 Å². The average Bonchev–Trinajstić information content (AvgIpc) is 2.94. The average molecular weight is 356 g/mol. The van der Waals surface area contributed by atoms with Crippen LogP contribution >= 0.6 is 11.3 Å². The van der Waals surface area contributed by atoms with E-state index in [2.05, 4.69) is 15.6 Å². The van der Waals surface area contributed by atoms with E-state index in [4.69, 9.17) is 0 Å². The molecule has 8 heteroatoms. The Morgan fingerprint density at radius 1 is 1.20 bits per heavy atom. The van der Waals surface area contributed by atoms with E-state index in [1.807, 2.05) is 25.1 Å². The lowest BCUT2D eigenvalue weighted by atomic mass is 10.2. The molecule has 128 valence electrons. The van der Waals surface area contributed by atoms with Crippen molar-refractivity contribution in [1.82, 2.24) is 4.98 Å². The number of nitrogens with one attached hydrogen (secondary N) is 2. The van der Waals surface area contributed by atoms with Gasteiger partial charge in [0.05, 0.1) is 20.1 Å². The highest BCUT2D eigenvalue weighted by atomic mass is 32.1. The number of amides is 1. The van der Waals surface area contributed by atoms with Crippen molar-refractivity contribution in [3.63, 3.8) is 0 Å². The minimum atomic E-state index is -0.479. The molecule has 1 heterocycles. The van der Waals surface area contributed by atoms with Gasteiger partial charge >= 0.3 is 0 Å². The summed E-state index contributed by atoms with van der Waals surface area (Å²) in [7, 11) is 0. The summed E-state index contributed by atoms with van der Waals surface area (Å²) >= 11 is 1.60. The highest BCUT2D eigenvalue weighted by Gasteiger charge is 2.14. The van der Waals surface area contributed by atoms with Crippen LogP contribution in [0.1, 0.15) is 11.9 Å². The van der Waals surface area contributed by atoms with Crippen LogP contribution in [0.3, 0.4) is 0 Å². The van der Waals surface area contributed by atoms with Crippen molar-refractivity contribution in [2.45, 2.75) is 19.9 Å². The van der Waals surface area contributed by atoms with E-state index in [0.717, 1.165) is 20.9 Å². The number of rotatable bonds is 5. The molecule has 0 saturated heterocycles. The fourth-order valence-electron chi connectivity index (χ4n) is 2.36. The van der Waals surface area contributed by atoms with Crippen molar-refractivity contribution < 1.29 is 9.72 Å². The van der Waals surface area contributed by atoms with Crippen molar-refractivity contribution in [3.05, 3.63) is 57.6 Å². The van der Waals surface area contributed by atoms with E-state index in [1.54, 1.807) is 18.3 Å². The molecular formula is C17H16N4O3S. The van der Waals surface area contributed by atoms with Gasteiger partial charge in [0.15, 0.2) is 0 Å². The van der Waals surface area contributed by atoms with Crippen molar-refractivity contribution in [2.24, 2.45) is 0 Å². The molecule has 25 heavy (non-hydrogen) atoms. The summed E-state index contributed by atoms with van der Waals surface area (Å²) in [4.78, 5) is 26.9. The minimum Gasteiger partial charge on any atom is -0.374 e. The van der Waals surface area contributed by atoms with Gasteiger partial charge < -0.3 is 10.6 Å². The maximum Gasteiger partial charge on any atom is 0.269 e. The van der Waals surface area contributed by atoms with Gasteiger partial charge in [-0.25, -0.2) is 4.98 Å². The molecule has 0 bridgehead atoms. The number of hydrogen-bond donors (Lipinski definition) is 2. The minimum absolute atomic E-state index is 0.0164. The first-order valence-electron chi connectivity index (χ1n) is 7.61. The fourth-order valence-corrected chi connectivity index (χ4v) is 3.23. The number of nitro benzene ring substituents is 1. The third-order valence-electron chi connectivity index (χ3n) is 3.62. The van der Waals surface area contributed by atoms with E-state index >= 15 is 0 Å². The number of carbonyl (C=O) groups is 1. The highest BCUT2D eigenvalue weighted by Crippen LogP contribution is 2.25. The van der Waals surface area contributed by atoms with Gasteiger partial charge in [-0.1, -0.05) is 0 Å². The number of aryl methyl sites for hydroxylation is 1. The number of non-ortho nitro benzene ring substituents is 1. The number of benzene rings is 2. The van der Waals surface area contributed by atoms with Gasteiger partial charge in [-0.15, -0.1) is 11.3 Å². The quantitative estimate of drug-likeness (QED) is 0.533. The Bertz CT molecular complexity index is 937. The van der Waals surface area contributed by atoms with Crippen LogP contribution < -0.4 is 10.6 Å². The van der Waals surface area contributed by atoms with Crippen molar-refractivity contribution in [3.8, 4) is 0 Å². The second-order valence-electron chi connectivity index (χ2n) is 5.57. The summed E-state index contributed by atoms with van der Waals surface area (Å²) in [5.41, 5.74) is 2.27. The zero-order valence-electron chi connectivity index (χ0n) is 13.6. The zero-order valence-corrected chi connectivity index (χ0v) is 14.5. The summed E-state index contributed by atoms with van der Waals surface area (Å²) < 4.78 is 1.06. The number of anilines is 2. The number of nitro groups is 1. The number of aromatic nitrogens is 1. The second kappa shape index (κ2) is 6.86. The summed E-state index contributed by atoms with van der Waals surface area (Å²) in [6.07, 6.45) is 0. The fraction of sp³-hybridized carbons (Fsp3) is 0.176. The van der Waals surface area contributed by atoms with Crippen molar-refractivity contribution in [2.75, 3.05) is 10.6 Å². The molecule has 0 radical (unpaired) electrons. The molecule has 0 fully saturated rings. The van der Waals surface area contributed by atoms with Crippen LogP contribution in [-0.4, -0.2) is 21.9 Å². The Hall–Kier alpha value is -3.00. The molecule has 0 aliphatic heterocycles. The van der Waals surface area contributed by atoms with Crippen LogP contribution in [0, 0.1) is 17.0 Å². The van der Waals surface area contributed by atoms with E-state index < -0.39 is 11.0 Å². The Morgan fingerprint density at radius 3 is 2.56 bits per heavy atom. The summed E-state index contributed by atoms with van der Waals surface area (Å²) in [5.74, 6) is -0.227. The maximum atomic E-state index is 12.3. The van der Waals surface area contributed by atoms with Gasteiger partial charge in [0.1, 0.15) is 6.04 Å². The van der Waals surface area contributed by atoms with E-state index in [1.165, 1.54) is 24.3 Å². The lowest BCUT2D eigenvalue weighted by Crippen LogP contribution is -2.31. The van der Waals surface area contributed by atoms with Crippen LogP contribution in [0.4, 0.5) is 17.1 Å². The largest absolute Gasteiger partial charge is 0.374 e. The molecule has 2 N–H and O–H groups in total. The number of carbonyl (C=O) groups excluding carboxylic acids is 1. The number of hydrogen-bond acceptors (Lipinski definition) is 6. The molecule has 1 aromatic heterocycles. The van der Waals surface area contributed by atoms with Crippen LogP contribution in [0.2, 0.25) is 0 Å². The van der Waals surface area contributed by atoms with Crippen molar-refractivity contribution >= 4 is 44.5 Å². The molecule has 0 spiro atoms. The molecule has 2 aromatic carbocycles. The standard InChI is InChI=1S/C17H16N4O3S/c1-10(17(22)20-12-3-6-14(7-4-12)21(23)24)18-13-5-8-15-16(9-13)25-11(2)19-15/h3-10,18H,1-2H3,(H,20,22)/t10-/m0/s1. The van der Waals surface area contributed by atoms with E-state index in [0.29, 0.717) is 5.69 Å². The summed E-state index contributed by atoms with van der Waals surface area (Å²) in [6.45, 7) is 3.71. The Kier molecular flexibility index (Phi) is 4.62.